The lowest BCUT2D eigenvalue weighted by atomic mass is 10.2. The fourth-order valence-electron chi connectivity index (χ4n) is 3.65. The molecule has 2 fully saturated rings. The van der Waals surface area contributed by atoms with Crippen LogP contribution in [0.3, 0.4) is 0 Å². The van der Waals surface area contributed by atoms with Gasteiger partial charge in [0.05, 0.1) is 5.56 Å². The van der Waals surface area contributed by atoms with Crippen molar-refractivity contribution in [3.8, 4) is 0 Å². The molecule has 132 valence electrons. The number of carbonyl (C=O) groups is 1. The Bertz CT molecular complexity index is 704. The van der Waals surface area contributed by atoms with E-state index in [9.17, 15) is 4.79 Å². The van der Waals surface area contributed by atoms with Crippen molar-refractivity contribution in [1.29, 1.82) is 0 Å². The fourth-order valence-corrected chi connectivity index (χ4v) is 4.39. The summed E-state index contributed by atoms with van der Waals surface area (Å²) in [6.45, 7) is 6.45. The van der Waals surface area contributed by atoms with E-state index in [0.29, 0.717) is 0 Å². The van der Waals surface area contributed by atoms with Crippen LogP contribution in [0.1, 0.15) is 28.1 Å². The molecule has 2 saturated heterocycles. The summed E-state index contributed by atoms with van der Waals surface area (Å²) in [7, 11) is 0. The maximum Gasteiger partial charge on any atom is 0.257 e. The molecule has 0 radical (unpaired) electrons. The van der Waals surface area contributed by atoms with Crippen LogP contribution in [-0.2, 0) is 6.54 Å². The highest BCUT2D eigenvalue weighted by atomic mass is 32.1. The molecule has 2 aromatic heterocycles. The highest BCUT2D eigenvalue weighted by Gasteiger charge is 2.26. The molecule has 2 aromatic rings. The third kappa shape index (κ3) is 3.70. The van der Waals surface area contributed by atoms with Gasteiger partial charge in [0.1, 0.15) is 5.82 Å². The largest absolute Gasteiger partial charge is 0.356 e. The van der Waals surface area contributed by atoms with Gasteiger partial charge >= 0.3 is 0 Å². The van der Waals surface area contributed by atoms with Gasteiger partial charge in [0.2, 0.25) is 0 Å². The minimum absolute atomic E-state index is 0.130. The number of amides is 1. The first kappa shape index (κ1) is 16.5. The van der Waals surface area contributed by atoms with Crippen LogP contribution in [0.15, 0.2) is 35.8 Å². The van der Waals surface area contributed by atoms with Crippen LogP contribution in [0.2, 0.25) is 0 Å². The van der Waals surface area contributed by atoms with Crippen LogP contribution in [0.25, 0.3) is 0 Å². The molecule has 2 aliphatic rings. The van der Waals surface area contributed by atoms with Crippen LogP contribution >= 0.6 is 11.3 Å². The number of pyridine rings is 1. The molecule has 0 spiro atoms. The summed E-state index contributed by atoms with van der Waals surface area (Å²) in [5.41, 5.74) is 0.760. The average Bonchev–Trinajstić information content (AvgIpc) is 3.36. The van der Waals surface area contributed by atoms with Crippen molar-refractivity contribution in [2.75, 3.05) is 44.2 Å². The molecule has 0 aromatic carbocycles. The van der Waals surface area contributed by atoms with E-state index in [-0.39, 0.29) is 5.91 Å². The summed E-state index contributed by atoms with van der Waals surface area (Å²) in [6.07, 6.45) is 4.17. The topological polar surface area (TPSA) is 39.7 Å². The molecule has 0 saturated carbocycles. The number of piperazine rings is 1. The average molecular weight is 356 g/mol. The highest BCUT2D eigenvalue weighted by molar-refractivity contribution is 7.09. The summed E-state index contributed by atoms with van der Waals surface area (Å²) in [4.78, 5) is 25.6. The van der Waals surface area contributed by atoms with Gasteiger partial charge in [-0.05, 0) is 36.4 Å². The van der Waals surface area contributed by atoms with Gasteiger partial charge < -0.3 is 9.80 Å². The Labute approximate surface area is 152 Å². The molecule has 25 heavy (non-hydrogen) atoms. The Hall–Kier alpha value is -1.92. The number of rotatable bonds is 4. The molecule has 2 aliphatic heterocycles. The first-order chi connectivity index (χ1) is 12.3. The van der Waals surface area contributed by atoms with E-state index in [4.69, 9.17) is 0 Å². The first-order valence-corrected chi connectivity index (χ1v) is 9.93. The van der Waals surface area contributed by atoms with Gasteiger partial charge in [0.15, 0.2) is 0 Å². The molecular formula is C19H24N4OS. The summed E-state index contributed by atoms with van der Waals surface area (Å²) in [6, 6.07) is 8.09. The molecule has 0 atom stereocenters. The number of hydrogen-bond acceptors (Lipinski definition) is 5. The lowest BCUT2D eigenvalue weighted by Gasteiger charge is -2.35. The van der Waals surface area contributed by atoms with E-state index in [1.54, 1.807) is 17.5 Å². The lowest BCUT2D eigenvalue weighted by Crippen LogP contribution is -2.48. The van der Waals surface area contributed by atoms with Crippen molar-refractivity contribution in [2.45, 2.75) is 19.4 Å². The van der Waals surface area contributed by atoms with Gasteiger partial charge in [-0.3, -0.25) is 9.69 Å². The third-order valence-corrected chi connectivity index (χ3v) is 5.90. The maximum absolute atomic E-state index is 13.0. The molecule has 1 amide bonds. The second-order valence-corrected chi connectivity index (χ2v) is 7.75. The van der Waals surface area contributed by atoms with Crippen molar-refractivity contribution in [3.05, 3.63) is 46.3 Å². The monoisotopic (exact) mass is 356 g/mol. The van der Waals surface area contributed by atoms with E-state index < -0.39 is 0 Å². The van der Waals surface area contributed by atoms with Crippen molar-refractivity contribution >= 4 is 23.1 Å². The minimum Gasteiger partial charge on any atom is -0.356 e. The molecule has 5 nitrogen and oxygen atoms in total. The zero-order chi connectivity index (χ0) is 17.1. The van der Waals surface area contributed by atoms with Gasteiger partial charge in [-0.1, -0.05) is 6.07 Å². The SMILES string of the molecule is O=C(c1cccnc1N1CCCC1)N1CCN(Cc2cccs2)CC1. The number of anilines is 1. The smallest absolute Gasteiger partial charge is 0.257 e. The number of carbonyl (C=O) groups excluding carboxylic acids is 1. The van der Waals surface area contributed by atoms with Crippen LogP contribution in [0.5, 0.6) is 0 Å². The third-order valence-electron chi connectivity index (χ3n) is 5.04. The summed E-state index contributed by atoms with van der Waals surface area (Å²) in [5.74, 6) is 0.997. The zero-order valence-corrected chi connectivity index (χ0v) is 15.2. The quantitative estimate of drug-likeness (QED) is 0.844. The Morgan fingerprint density at radius 1 is 1.04 bits per heavy atom. The fraction of sp³-hybridized carbons (Fsp3) is 0.474. The molecule has 4 rings (SSSR count). The van der Waals surface area contributed by atoms with Gasteiger partial charge in [-0.15, -0.1) is 11.3 Å². The highest BCUT2D eigenvalue weighted by Crippen LogP contribution is 2.24. The molecule has 4 heterocycles. The molecule has 0 aliphatic carbocycles. The van der Waals surface area contributed by atoms with Crippen molar-refractivity contribution < 1.29 is 4.79 Å². The van der Waals surface area contributed by atoms with Crippen molar-refractivity contribution in [3.63, 3.8) is 0 Å². The predicted molar refractivity (Wildman–Crippen MR) is 101 cm³/mol. The Morgan fingerprint density at radius 3 is 2.56 bits per heavy atom. The van der Waals surface area contributed by atoms with Crippen LogP contribution in [-0.4, -0.2) is 60.0 Å². The Kier molecular flexibility index (Phi) is 4.99. The van der Waals surface area contributed by atoms with E-state index >= 15 is 0 Å². The Morgan fingerprint density at radius 2 is 1.84 bits per heavy atom. The minimum atomic E-state index is 0.130. The van der Waals surface area contributed by atoms with E-state index in [0.717, 1.165) is 57.2 Å². The van der Waals surface area contributed by atoms with Gasteiger partial charge in [-0.25, -0.2) is 4.98 Å². The number of thiophene rings is 1. The molecule has 6 heteroatoms. The van der Waals surface area contributed by atoms with Crippen molar-refractivity contribution in [2.24, 2.45) is 0 Å². The predicted octanol–water partition coefficient (Wildman–Crippen LogP) is 2.70. The molecule has 0 N–H and O–H groups in total. The van der Waals surface area contributed by atoms with Crippen molar-refractivity contribution in [1.82, 2.24) is 14.8 Å². The molecular weight excluding hydrogens is 332 g/mol. The second kappa shape index (κ2) is 7.54. The van der Waals surface area contributed by atoms with Crippen LogP contribution in [0.4, 0.5) is 5.82 Å². The standard InChI is InChI=1S/C19H24N4OS/c24-19(17-6-3-7-20-18(17)22-8-1-2-9-22)23-12-10-21(11-13-23)15-16-5-4-14-25-16/h3-7,14H,1-2,8-13,15H2. The summed E-state index contributed by atoms with van der Waals surface area (Å²) in [5, 5.41) is 2.12. The summed E-state index contributed by atoms with van der Waals surface area (Å²) < 4.78 is 0. The molecule has 0 bridgehead atoms. The van der Waals surface area contributed by atoms with Gasteiger partial charge in [0.25, 0.3) is 5.91 Å². The van der Waals surface area contributed by atoms with Crippen LogP contribution < -0.4 is 4.90 Å². The number of aromatic nitrogens is 1. The molecule has 0 unspecified atom stereocenters. The van der Waals surface area contributed by atoms with E-state index in [1.807, 2.05) is 17.0 Å². The number of hydrogen-bond donors (Lipinski definition) is 0. The zero-order valence-electron chi connectivity index (χ0n) is 14.4. The Balaban J connectivity index is 1.41. The van der Waals surface area contributed by atoms with Crippen LogP contribution in [0, 0.1) is 0 Å². The van der Waals surface area contributed by atoms with E-state index in [2.05, 4.69) is 32.3 Å². The van der Waals surface area contributed by atoms with E-state index in [1.165, 1.54) is 17.7 Å². The lowest BCUT2D eigenvalue weighted by molar-refractivity contribution is 0.0630. The summed E-state index contributed by atoms with van der Waals surface area (Å²) >= 11 is 1.80. The number of nitrogens with zero attached hydrogens (tertiary/aromatic N) is 4. The normalized spacial score (nSPS) is 18.7. The van der Waals surface area contributed by atoms with Gasteiger partial charge in [0, 0.05) is 56.9 Å². The maximum atomic E-state index is 13.0. The second-order valence-electron chi connectivity index (χ2n) is 6.72. The van der Waals surface area contributed by atoms with Gasteiger partial charge in [-0.2, -0.15) is 0 Å². The first-order valence-electron chi connectivity index (χ1n) is 9.05.